The Morgan fingerprint density at radius 3 is 2.39 bits per heavy atom. The molecule has 0 unspecified atom stereocenters. The average molecular weight is 413 g/mol. The van der Waals surface area contributed by atoms with Crippen LogP contribution in [0.3, 0.4) is 0 Å². The van der Waals surface area contributed by atoms with E-state index in [9.17, 15) is 13.2 Å². The second-order valence-corrected chi connectivity index (χ2v) is 8.69. The van der Waals surface area contributed by atoms with Crippen LogP contribution in [0.1, 0.15) is 18.1 Å². The summed E-state index contributed by atoms with van der Waals surface area (Å²) in [4.78, 5) is 14.6. The van der Waals surface area contributed by atoms with E-state index >= 15 is 0 Å². The summed E-state index contributed by atoms with van der Waals surface area (Å²) in [6.07, 6.45) is 4.09. The van der Waals surface area contributed by atoms with Crippen molar-refractivity contribution in [2.24, 2.45) is 4.40 Å². The first kappa shape index (κ1) is 20.1. The molecule has 0 N–H and O–H groups in total. The van der Waals surface area contributed by atoms with Crippen LogP contribution in [0.2, 0.25) is 0 Å². The Morgan fingerprint density at radius 1 is 1.11 bits per heavy atom. The Labute approximate surface area is 169 Å². The number of sulfonamides is 1. The van der Waals surface area contributed by atoms with Gasteiger partial charge in [0.1, 0.15) is 0 Å². The predicted molar refractivity (Wildman–Crippen MR) is 114 cm³/mol. The van der Waals surface area contributed by atoms with Gasteiger partial charge in [0.25, 0.3) is 15.9 Å². The Kier molecular flexibility index (Phi) is 6.16. The van der Waals surface area contributed by atoms with Gasteiger partial charge in [0, 0.05) is 6.54 Å². The van der Waals surface area contributed by atoms with E-state index in [1.807, 2.05) is 37.3 Å². The molecule has 5 nitrogen and oxygen atoms in total. The third-order valence-electron chi connectivity index (χ3n) is 4.12. The summed E-state index contributed by atoms with van der Waals surface area (Å²) in [5.74, 6) is -0.288. The minimum Gasteiger partial charge on any atom is -0.282 e. The predicted octanol–water partition coefficient (Wildman–Crippen LogP) is 4.10. The van der Waals surface area contributed by atoms with Gasteiger partial charge in [0.2, 0.25) is 0 Å². The van der Waals surface area contributed by atoms with Crippen LogP contribution in [-0.4, -0.2) is 30.9 Å². The van der Waals surface area contributed by atoms with Crippen molar-refractivity contribution in [3.8, 4) is 0 Å². The number of amides is 1. The third kappa shape index (κ3) is 4.43. The summed E-state index contributed by atoms with van der Waals surface area (Å²) in [5, 5.41) is 0.131. The summed E-state index contributed by atoms with van der Waals surface area (Å²) < 4.78 is 29.4. The molecule has 1 fully saturated rings. The third-order valence-corrected chi connectivity index (χ3v) is 6.53. The second kappa shape index (κ2) is 8.58. The van der Waals surface area contributed by atoms with E-state index in [1.54, 1.807) is 24.3 Å². The number of amidine groups is 1. The molecule has 1 aliphatic heterocycles. The largest absolute Gasteiger partial charge is 0.284 e. The highest BCUT2D eigenvalue weighted by atomic mass is 32.2. The Balaban J connectivity index is 1.97. The fourth-order valence-corrected chi connectivity index (χ4v) is 4.81. The van der Waals surface area contributed by atoms with Crippen molar-refractivity contribution in [2.45, 2.75) is 18.2 Å². The molecule has 1 heterocycles. The van der Waals surface area contributed by atoms with E-state index in [1.165, 1.54) is 17.0 Å². The van der Waals surface area contributed by atoms with Crippen molar-refractivity contribution in [1.82, 2.24) is 4.90 Å². The zero-order valence-electron chi connectivity index (χ0n) is 15.4. The van der Waals surface area contributed by atoms with Crippen molar-refractivity contribution < 1.29 is 13.2 Å². The van der Waals surface area contributed by atoms with E-state index in [2.05, 4.69) is 11.0 Å². The van der Waals surface area contributed by atoms with Gasteiger partial charge in [-0.1, -0.05) is 55.5 Å². The van der Waals surface area contributed by atoms with E-state index in [0.717, 1.165) is 29.3 Å². The Bertz CT molecular complexity index is 1040. The SMILES string of the molecule is C=CCN1C(=O)/C(=C\c2ccccc2)S/C1=N\S(=O)(=O)c1ccc(CC)cc1. The van der Waals surface area contributed by atoms with Crippen molar-refractivity contribution in [3.63, 3.8) is 0 Å². The number of nitrogens with zero attached hydrogens (tertiary/aromatic N) is 2. The molecule has 144 valence electrons. The average Bonchev–Trinajstić information content (AvgIpc) is 2.97. The number of carbonyl (C=O) groups is 1. The molecule has 7 heteroatoms. The van der Waals surface area contributed by atoms with Crippen LogP contribution in [0.4, 0.5) is 0 Å². The molecule has 0 aliphatic carbocycles. The number of aryl methyl sites for hydroxylation is 1. The van der Waals surface area contributed by atoms with Crippen LogP contribution in [0.15, 0.2) is 81.5 Å². The van der Waals surface area contributed by atoms with Gasteiger partial charge in [-0.05, 0) is 47.5 Å². The molecule has 3 rings (SSSR count). The van der Waals surface area contributed by atoms with Crippen LogP contribution in [-0.2, 0) is 21.2 Å². The highest BCUT2D eigenvalue weighted by molar-refractivity contribution is 8.19. The lowest BCUT2D eigenvalue weighted by molar-refractivity contribution is -0.121. The lowest BCUT2D eigenvalue weighted by Gasteiger charge is -2.12. The molecule has 0 atom stereocenters. The van der Waals surface area contributed by atoms with E-state index in [4.69, 9.17) is 0 Å². The fraction of sp³-hybridized carbons (Fsp3) is 0.143. The molecule has 0 radical (unpaired) electrons. The molecule has 1 amide bonds. The minimum atomic E-state index is -3.93. The van der Waals surface area contributed by atoms with Gasteiger partial charge in [0.15, 0.2) is 5.17 Å². The minimum absolute atomic E-state index is 0.101. The standard InChI is InChI=1S/C21H20N2O3S2/c1-3-14-23-20(24)19(15-17-8-6-5-7-9-17)27-21(23)22-28(25,26)18-12-10-16(4-2)11-13-18/h3,5-13,15H,1,4,14H2,2H3/b19-15+,22-21-. The molecule has 0 saturated carbocycles. The van der Waals surface area contributed by atoms with Crippen molar-refractivity contribution in [3.05, 3.63) is 83.3 Å². The fourth-order valence-electron chi connectivity index (χ4n) is 2.62. The number of thioether (sulfide) groups is 1. The number of hydrogen-bond donors (Lipinski definition) is 0. The Morgan fingerprint density at radius 2 is 1.79 bits per heavy atom. The summed E-state index contributed by atoms with van der Waals surface area (Å²) in [6, 6.07) is 16.0. The molecule has 1 saturated heterocycles. The lowest BCUT2D eigenvalue weighted by Crippen LogP contribution is -2.29. The zero-order chi connectivity index (χ0) is 20.1. The van der Waals surface area contributed by atoms with E-state index < -0.39 is 10.0 Å². The van der Waals surface area contributed by atoms with Gasteiger partial charge in [-0.2, -0.15) is 8.42 Å². The monoisotopic (exact) mass is 412 g/mol. The summed E-state index contributed by atoms with van der Waals surface area (Å²) in [5.41, 5.74) is 1.90. The normalized spacial score (nSPS) is 17.5. The first-order valence-corrected chi connectivity index (χ1v) is 11.0. The molecular formula is C21H20N2O3S2. The van der Waals surface area contributed by atoms with E-state index in [0.29, 0.717) is 4.91 Å². The molecule has 2 aromatic rings. The molecule has 0 spiro atoms. The summed E-state index contributed by atoms with van der Waals surface area (Å²) >= 11 is 1.05. The van der Waals surface area contributed by atoms with Gasteiger partial charge in [-0.15, -0.1) is 11.0 Å². The van der Waals surface area contributed by atoms with Gasteiger partial charge < -0.3 is 0 Å². The van der Waals surface area contributed by atoms with Crippen LogP contribution in [0, 0.1) is 0 Å². The number of carbonyl (C=O) groups excluding carboxylic acids is 1. The van der Waals surface area contributed by atoms with Crippen LogP contribution >= 0.6 is 11.8 Å². The van der Waals surface area contributed by atoms with Gasteiger partial charge in [-0.25, -0.2) is 0 Å². The molecule has 0 bridgehead atoms. The maximum absolute atomic E-state index is 12.7. The summed E-state index contributed by atoms with van der Waals surface area (Å²) in [7, 11) is -3.93. The Hall–Kier alpha value is -2.64. The maximum atomic E-state index is 12.7. The second-order valence-electron chi connectivity index (χ2n) is 6.07. The lowest BCUT2D eigenvalue weighted by atomic mass is 10.2. The quantitative estimate of drug-likeness (QED) is 0.529. The highest BCUT2D eigenvalue weighted by Gasteiger charge is 2.34. The van der Waals surface area contributed by atoms with Crippen LogP contribution in [0.25, 0.3) is 6.08 Å². The van der Waals surface area contributed by atoms with Crippen LogP contribution in [0.5, 0.6) is 0 Å². The molecule has 28 heavy (non-hydrogen) atoms. The van der Waals surface area contributed by atoms with Crippen molar-refractivity contribution in [2.75, 3.05) is 6.54 Å². The topological polar surface area (TPSA) is 66.8 Å². The highest BCUT2D eigenvalue weighted by Crippen LogP contribution is 2.33. The van der Waals surface area contributed by atoms with Gasteiger partial charge >= 0.3 is 0 Å². The first-order valence-electron chi connectivity index (χ1n) is 8.76. The maximum Gasteiger partial charge on any atom is 0.284 e. The molecule has 1 aliphatic rings. The molecule has 2 aromatic carbocycles. The first-order chi connectivity index (χ1) is 13.4. The zero-order valence-corrected chi connectivity index (χ0v) is 17.0. The van der Waals surface area contributed by atoms with Gasteiger partial charge in [0.05, 0.1) is 9.80 Å². The number of hydrogen-bond acceptors (Lipinski definition) is 4. The summed E-state index contributed by atoms with van der Waals surface area (Å²) in [6.45, 7) is 5.83. The number of benzene rings is 2. The molecular weight excluding hydrogens is 392 g/mol. The van der Waals surface area contributed by atoms with Gasteiger partial charge in [-0.3, -0.25) is 9.69 Å². The van der Waals surface area contributed by atoms with Crippen LogP contribution < -0.4 is 0 Å². The van der Waals surface area contributed by atoms with Crippen molar-refractivity contribution >= 4 is 38.9 Å². The molecule has 0 aromatic heterocycles. The smallest absolute Gasteiger partial charge is 0.282 e. The van der Waals surface area contributed by atoms with Crippen molar-refractivity contribution in [1.29, 1.82) is 0 Å². The van der Waals surface area contributed by atoms with E-state index in [-0.39, 0.29) is 22.5 Å². The number of rotatable bonds is 6.